The molecule has 1 aliphatic rings. The second-order valence-electron chi connectivity index (χ2n) is 6.79. The molecule has 3 aromatic carbocycles. The number of nitrogens with zero attached hydrogens (tertiary/aromatic N) is 2. The van der Waals surface area contributed by atoms with Crippen molar-refractivity contribution in [1.82, 2.24) is 0 Å². The zero-order valence-corrected chi connectivity index (χ0v) is 19.2. The third-order valence-corrected chi connectivity index (χ3v) is 5.51. The summed E-state index contributed by atoms with van der Waals surface area (Å²) in [5.74, 6) is 0.841. The van der Waals surface area contributed by atoms with Crippen LogP contribution in [0.3, 0.4) is 0 Å². The quantitative estimate of drug-likeness (QED) is 0.249. The molecule has 4 rings (SSSR count). The molecule has 0 radical (unpaired) electrons. The number of halogens is 1. The summed E-state index contributed by atoms with van der Waals surface area (Å²) in [4.78, 5) is 16.6. The highest BCUT2D eigenvalue weighted by atomic mass is 127. The van der Waals surface area contributed by atoms with E-state index >= 15 is 0 Å². The zero-order valence-electron chi connectivity index (χ0n) is 17.0. The third kappa shape index (κ3) is 4.65. The van der Waals surface area contributed by atoms with Crippen LogP contribution < -0.4 is 9.47 Å². The maximum Gasteiger partial charge on any atom is 0.363 e. The van der Waals surface area contributed by atoms with E-state index in [0.717, 1.165) is 20.3 Å². The standard InChI is InChI=1S/C25H17IN2O4/c1-30-22-13-16(12-21-25(29)32-24(28-21)17-7-3-2-4-8-17)11-20(26)23(22)31-15-19-10-6-5-9-18(19)14-27/h2-13H,15H2,1H3/b21-12+. The molecular formula is C25H17IN2O4. The summed E-state index contributed by atoms with van der Waals surface area (Å²) in [6.07, 6.45) is 1.65. The molecule has 158 valence electrons. The van der Waals surface area contributed by atoms with Gasteiger partial charge in [-0.05, 0) is 64.6 Å². The van der Waals surface area contributed by atoms with Crippen LogP contribution in [0.5, 0.6) is 11.5 Å². The highest BCUT2D eigenvalue weighted by Gasteiger charge is 2.24. The molecule has 0 aliphatic carbocycles. The number of benzene rings is 3. The number of carbonyl (C=O) groups excluding carboxylic acids is 1. The monoisotopic (exact) mass is 536 g/mol. The number of cyclic esters (lactones) is 1. The van der Waals surface area contributed by atoms with Crippen molar-refractivity contribution in [2.75, 3.05) is 7.11 Å². The molecule has 32 heavy (non-hydrogen) atoms. The maximum absolute atomic E-state index is 12.3. The van der Waals surface area contributed by atoms with E-state index in [1.165, 1.54) is 0 Å². The summed E-state index contributed by atoms with van der Waals surface area (Å²) < 4.78 is 17.6. The molecule has 0 spiro atoms. The molecule has 0 N–H and O–H groups in total. The summed E-state index contributed by atoms with van der Waals surface area (Å²) >= 11 is 2.15. The average Bonchev–Trinajstić information content (AvgIpc) is 3.18. The first-order valence-electron chi connectivity index (χ1n) is 9.65. The van der Waals surface area contributed by atoms with Gasteiger partial charge in [0.2, 0.25) is 5.90 Å². The minimum atomic E-state index is -0.508. The summed E-state index contributed by atoms with van der Waals surface area (Å²) in [5.41, 5.74) is 3.02. The highest BCUT2D eigenvalue weighted by Crippen LogP contribution is 2.35. The molecule has 3 aromatic rings. The molecule has 0 bridgehead atoms. The first kappa shape index (κ1) is 21.6. The molecule has 1 aliphatic heterocycles. The average molecular weight is 536 g/mol. The Labute approximate surface area is 198 Å². The van der Waals surface area contributed by atoms with Gasteiger partial charge in [-0.3, -0.25) is 0 Å². The van der Waals surface area contributed by atoms with Crippen LogP contribution >= 0.6 is 22.6 Å². The van der Waals surface area contributed by atoms with Gasteiger partial charge in [0.05, 0.1) is 22.3 Å². The van der Waals surface area contributed by atoms with Crippen LogP contribution in [0.15, 0.2) is 77.4 Å². The number of hydrogen-bond donors (Lipinski definition) is 0. The Balaban J connectivity index is 1.60. The van der Waals surface area contributed by atoms with Crippen molar-refractivity contribution in [1.29, 1.82) is 5.26 Å². The Morgan fingerprint density at radius 1 is 1.12 bits per heavy atom. The normalized spacial score (nSPS) is 14.0. The molecule has 1 heterocycles. The largest absolute Gasteiger partial charge is 0.493 e. The van der Waals surface area contributed by atoms with Crippen LogP contribution in [0.25, 0.3) is 6.08 Å². The van der Waals surface area contributed by atoms with Gasteiger partial charge in [-0.2, -0.15) is 5.26 Å². The summed E-state index contributed by atoms with van der Waals surface area (Å²) in [6.45, 7) is 0.230. The Morgan fingerprint density at radius 3 is 2.62 bits per heavy atom. The van der Waals surface area contributed by atoms with Crippen molar-refractivity contribution >= 4 is 40.5 Å². The number of nitriles is 1. The van der Waals surface area contributed by atoms with E-state index in [1.54, 1.807) is 25.3 Å². The molecule has 7 heteroatoms. The van der Waals surface area contributed by atoms with Gasteiger partial charge in [0.25, 0.3) is 0 Å². The SMILES string of the molecule is COc1cc(/C=C2/N=C(c3ccccc3)OC2=O)cc(I)c1OCc1ccccc1C#N. The van der Waals surface area contributed by atoms with E-state index in [2.05, 4.69) is 33.7 Å². The lowest BCUT2D eigenvalue weighted by Gasteiger charge is -2.14. The molecule has 0 unspecified atom stereocenters. The maximum atomic E-state index is 12.3. The van der Waals surface area contributed by atoms with Gasteiger partial charge in [0, 0.05) is 11.1 Å². The number of methoxy groups -OCH3 is 1. The van der Waals surface area contributed by atoms with Gasteiger partial charge >= 0.3 is 5.97 Å². The number of esters is 1. The van der Waals surface area contributed by atoms with Crippen molar-refractivity contribution in [3.8, 4) is 17.6 Å². The molecule has 0 atom stereocenters. The Kier molecular flexibility index (Phi) is 6.52. The lowest BCUT2D eigenvalue weighted by molar-refractivity contribution is -0.129. The van der Waals surface area contributed by atoms with Gasteiger partial charge in [-0.1, -0.05) is 36.4 Å². The van der Waals surface area contributed by atoms with Crippen LogP contribution in [0.2, 0.25) is 0 Å². The van der Waals surface area contributed by atoms with Crippen molar-refractivity contribution in [2.24, 2.45) is 4.99 Å². The Hall–Kier alpha value is -3.64. The van der Waals surface area contributed by atoms with Crippen molar-refractivity contribution in [3.63, 3.8) is 0 Å². The molecule has 0 aromatic heterocycles. The topological polar surface area (TPSA) is 80.9 Å². The van der Waals surface area contributed by atoms with Gasteiger partial charge in [-0.15, -0.1) is 0 Å². The number of rotatable bonds is 6. The van der Waals surface area contributed by atoms with Crippen LogP contribution in [-0.4, -0.2) is 19.0 Å². The van der Waals surface area contributed by atoms with E-state index in [4.69, 9.17) is 14.2 Å². The zero-order chi connectivity index (χ0) is 22.5. The van der Waals surface area contributed by atoms with Crippen LogP contribution in [-0.2, 0) is 16.1 Å². The minimum Gasteiger partial charge on any atom is -0.493 e. The fourth-order valence-corrected chi connectivity index (χ4v) is 3.92. The van der Waals surface area contributed by atoms with E-state index in [0.29, 0.717) is 17.1 Å². The summed E-state index contributed by atoms with van der Waals surface area (Å²) in [7, 11) is 1.55. The summed E-state index contributed by atoms with van der Waals surface area (Å²) in [6, 6.07) is 22.3. The molecule has 0 amide bonds. The number of carbonyl (C=O) groups is 1. The van der Waals surface area contributed by atoms with Gasteiger partial charge in [0.15, 0.2) is 17.2 Å². The van der Waals surface area contributed by atoms with E-state index < -0.39 is 5.97 Å². The molecule has 6 nitrogen and oxygen atoms in total. The predicted molar refractivity (Wildman–Crippen MR) is 128 cm³/mol. The van der Waals surface area contributed by atoms with Crippen LogP contribution in [0.1, 0.15) is 22.3 Å². The van der Waals surface area contributed by atoms with Crippen molar-refractivity contribution < 1.29 is 19.0 Å². The molecule has 0 fully saturated rings. The lowest BCUT2D eigenvalue weighted by atomic mass is 10.1. The number of aliphatic imine (C=N–C) groups is 1. The number of ether oxygens (including phenoxy) is 3. The van der Waals surface area contributed by atoms with Gasteiger partial charge < -0.3 is 14.2 Å². The molecule has 0 saturated heterocycles. The van der Waals surface area contributed by atoms with E-state index in [-0.39, 0.29) is 18.2 Å². The first-order valence-corrected chi connectivity index (χ1v) is 10.7. The van der Waals surface area contributed by atoms with Crippen molar-refractivity contribution in [3.05, 3.63) is 98.3 Å². The molecule has 0 saturated carbocycles. The second kappa shape index (κ2) is 9.66. The summed E-state index contributed by atoms with van der Waals surface area (Å²) in [5, 5.41) is 9.27. The Morgan fingerprint density at radius 2 is 1.88 bits per heavy atom. The number of hydrogen-bond acceptors (Lipinski definition) is 6. The smallest absolute Gasteiger partial charge is 0.363 e. The van der Waals surface area contributed by atoms with Gasteiger partial charge in [-0.25, -0.2) is 9.79 Å². The van der Waals surface area contributed by atoms with Crippen molar-refractivity contribution in [2.45, 2.75) is 6.61 Å². The lowest BCUT2D eigenvalue weighted by Crippen LogP contribution is -2.05. The van der Waals surface area contributed by atoms with E-state index in [9.17, 15) is 10.1 Å². The van der Waals surface area contributed by atoms with Gasteiger partial charge in [0.1, 0.15) is 6.61 Å². The van der Waals surface area contributed by atoms with Crippen LogP contribution in [0.4, 0.5) is 0 Å². The fourth-order valence-electron chi connectivity index (χ4n) is 3.14. The second-order valence-corrected chi connectivity index (χ2v) is 7.96. The van der Waals surface area contributed by atoms with Crippen LogP contribution in [0, 0.1) is 14.9 Å². The molecular weight excluding hydrogens is 519 g/mol. The third-order valence-electron chi connectivity index (χ3n) is 4.71. The van der Waals surface area contributed by atoms with E-state index in [1.807, 2.05) is 54.6 Å². The first-order chi connectivity index (χ1) is 15.6. The minimum absolute atomic E-state index is 0.207. The Bertz CT molecular complexity index is 1280. The predicted octanol–water partition coefficient (Wildman–Crippen LogP) is 5.09. The highest BCUT2D eigenvalue weighted by molar-refractivity contribution is 14.1. The fraction of sp³-hybridized carbons (Fsp3) is 0.0800.